The van der Waals surface area contributed by atoms with Crippen molar-refractivity contribution in [3.05, 3.63) is 25.3 Å². The van der Waals surface area contributed by atoms with E-state index >= 15 is 0 Å². The predicted molar refractivity (Wildman–Crippen MR) is 57.3 cm³/mol. The van der Waals surface area contributed by atoms with Gasteiger partial charge in [-0.3, -0.25) is 0 Å². The standard InChI is InChI=1S/C6H3I2Si/c7-4-2-1-3-5(9)6(4)8/h1-3H. The largest absolute Gasteiger partial charge is 0.0727 e. The topological polar surface area (TPSA) is 0 Å². The van der Waals surface area contributed by atoms with Gasteiger partial charge in [-0.1, -0.05) is 17.3 Å². The number of hydrogen-bond acceptors (Lipinski definition) is 0. The zero-order valence-electron chi connectivity index (χ0n) is 4.49. The smallest absolute Gasteiger partial charge is 0.0627 e. The first-order valence-electron chi connectivity index (χ1n) is 2.37. The third-order valence-corrected chi connectivity index (χ3v) is 4.97. The summed E-state index contributed by atoms with van der Waals surface area (Å²) in [6.45, 7) is 0. The monoisotopic (exact) mass is 357 g/mol. The predicted octanol–water partition coefficient (Wildman–Crippen LogP) is 1.69. The van der Waals surface area contributed by atoms with Gasteiger partial charge < -0.3 is 0 Å². The average molecular weight is 357 g/mol. The molecule has 0 unspecified atom stereocenters. The summed E-state index contributed by atoms with van der Waals surface area (Å²) in [5, 5.41) is 1.17. The maximum atomic E-state index is 3.48. The molecule has 0 bridgehead atoms. The van der Waals surface area contributed by atoms with Crippen molar-refractivity contribution in [2.45, 2.75) is 0 Å². The fourth-order valence-electron chi connectivity index (χ4n) is 0.504. The van der Waals surface area contributed by atoms with Gasteiger partial charge in [-0.05, 0) is 51.2 Å². The van der Waals surface area contributed by atoms with E-state index in [0.717, 1.165) is 0 Å². The molecule has 0 amide bonds. The summed E-state index contributed by atoms with van der Waals surface area (Å²) >= 11 is 4.62. The van der Waals surface area contributed by atoms with Crippen LogP contribution in [0, 0.1) is 7.14 Å². The van der Waals surface area contributed by atoms with Crippen molar-refractivity contribution in [2.24, 2.45) is 0 Å². The van der Waals surface area contributed by atoms with Crippen LogP contribution in [0.1, 0.15) is 0 Å². The molecule has 0 saturated carbocycles. The summed E-state index contributed by atoms with van der Waals surface area (Å²) in [6, 6.07) is 6.17. The van der Waals surface area contributed by atoms with Crippen LogP contribution in [-0.4, -0.2) is 10.2 Å². The van der Waals surface area contributed by atoms with Gasteiger partial charge in [0.25, 0.3) is 0 Å². The summed E-state index contributed by atoms with van der Waals surface area (Å²) in [7, 11) is 3.48. The van der Waals surface area contributed by atoms with Crippen LogP contribution in [0.2, 0.25) is 0 Å². The van der Waals surface area contributed by atoms with Crippen LogP contribution in [0.5, 0.6) is 0 Å². The number of halogens is 2. The van der Waals surface area contributed by atoms with E-state index in [4.69, 9.17) is 0 Å². The third kappa shape index (κ3) is 1.91. The van der Waals surface area contributed by atoms with Crippen molar-refractivity contribution in [3.63, 3.8) is 0 Å². The zero-order valence-corrected chi connectivity index (χ0v) is 9.80. The molecule has 0 fully saturated rings. The Morgan fingerprint density at radius 1 is 1.22 bits per heavy atom. The van der Waals surface area contributed by atoms with Gasteiger partial charge in [0.2, 0.25) is 0 Å². The van der Waals surface area contributed by atoms with Crippen LogP contribution >= 0.6 is 45.2 Å². The van der Waals surface area contributed by atoms with E-state index < -0.39 is 0 Å². The Balaban J connectivity index is 3.25. The van der Waals surface area contributed by atoms with Crippen molar-refractivity contribution in [3.8, 4) is 0 Å². The first-order chi connectivity index (χ1) is 4.22. The second-order valence-corrected chi connectivity index (χ2v) is 4.38. The van der Waals surface area contributed by atoms with Gasteiger partial charge in [0.1, 0.15) is 0 Å². The molecule has 0 heterocycles. The molecule has 0 saturated heterocycles. The highest BCUT2D eigenvalue weighted by molar-refractivity contribution is 14.1. The lowest BCUT2D eigenvalue weighted by atomic mass is 10.4. The molecular weight excluding hydrogens is 354 g/mol. The molecule has 0 atom stereocenters. The Kier molecular flexibility index (Phi) is 2.96. The average Bonchev–Trinajstić information content (AvgIpc) is 1.83. The highest BCUT2D eigenvalue weighted by atomic mass is 127. The van der Waals surface area contributed by atoms with Crippen LogP contribution in [0.15, 0.2) is 18.2 Å². The quantitative estimate of drug-likeness (QED) is 0.490. The summed E-state index contributed by atoms with van der Waals surface area (Å²) in [5.74, 6) is 0. The van der Waals surface area contributed by atoms with Gasteiger partial charge in [-0.15, -0.1) is 0 Å². The molecule has 0 N–H and O–H groups in total. The molecule has 3 heteroatoms. The van der Waals surface area contributed by atoms with E-state index in [1.165, 1.54) is 12.3 Å². The van der Waals surface area contributed by atoms with Crippen LogP contribution in [0.25, 0.3) is 0 Å². The molecule has 3 radical (unpaired) electrons. The minimum Gasteiger partial charge on any atom is -0.0627 e. The maximum Gasteiger partial charge on any atom is 0.0727 e. The lowest BCUT2D eigenvalue weighted by molar-refractivity contribution is 1.63. The summed E-state index contributed by atoms with van der Waals surface area (Å²) < 4.78 is 2.58. The SMILES string of the molecule is [Si]c1cccc(I)c1I. The highest BCUT2D eigenvalue weighted by Crippen LogP contribution is 2.10. The molecule has 0 nitrogen and oxygen atoms in total. The Morgan fingerprint density at radius 3 is 2.33 bits per heavy atom. The number of rotatable bonds is 0. The van der Waals surface area contributed by atoms with Crippen molar-refractivity contribution >= 4 is 60.6 Å². The minimum absolute atomic E-state index is 1.17. The third-order valence-electron chi connectivity index (χ3n) is 0.952. The van der Waals surface area contributed by atoms with Crippen molar-refractivity contribution in [2.75, 3.05) is 0 Å². The van der Waals surface area contributed by atoms with Gasteiger partial charge in [-0.25, -0.2) is 0 Å². The molecule has 0 aliphatic heterocycles. The maximum absolute atomic E-state index is 3.48. The second kappa shape index (κ2) is 3.34. The van der Waals surface area contributed by atoms with Gasteiger partial charge in [-0.2, -0.15) is 0 Å². The Labute approximate surface area is 85.1 Å². The summed E-state index contributed by atoms with van der Waals surface area (Å²) in [6.07, 6.45) is 0. The molecule has 9 heavy (non-hydrogen) atoms. The Hall–Kier alpha value is 0.897. The van der Waals surface area contributed by atoms with Gasteiger partial charge in [0.05, 0.1) is 10.2 Å². The molecule has 0 spiro atoms. The first-order valence-corrected chi connectivity index (χ1v) is 5.03. The van der Waals surface area contributed by atoms with Gasteiger partial charge >= 0.3 is 0 Å². The van der Waals surface area contributed by atoms with E-state index in [2.05, 4.69) is 61.5 Å². The van der Waals surface area contributed by atoms with E-state index in [1.807, 2.05) is 12.1 Å². The number of benzene rings is 1. The van der Waals surface area contributed by atoms with Crippen LogP contribution in [0.4, 0.5) is 0 Å². The van der Waals surface area contributed by atoms with Crippen LogP contribution in [-0.2, 0) is 0 Å². The van der Waals surface area contributed by atoms with E-state index in [9.17, 15) is 0 Å². The lowest BCUT2D eigenvalue weighted by Crippen LogP contribution is -2.07. The normalized spacial score (nSPS) is 9.67. The molecule has 0 aliphatic rings. The molecule has 45 valence electrons. The lowest BCUT2D eigenvalue weighted by Gasteiger charge is -1.97. The Bertz CT molecular complexity index is 202. The fourth-order valence-corrected chi connectivity index (χ4v) is 1.85. The second-order valence-electron chi connectivity index (χ2n) is 1.60. The van der Waals surface area contributed by atoms with Crippen LogP contribution in [0.3, 0.4) is 0 Å². The van der Waals surface area contributed by atoms with Gasteiger partial charge in [0, 0.05) is 7.14 Å². The highest BCUT2D eigenvalue weighted by Gasteiger charge is 1.95. The van der Waals surface area contributed by atoms with Crippen molar-refractivity contribution in [1.82, 2.24) is 0 Å². The molecule has 1 aromatic carbocycles. The van der Waals surface area contributed by atoms with E-state index in [1.54, 1.807) is 0 Å². The molecule has 1 rings (SSSR count). The van der Waals surface area contributed by atoms with E-state index in [0.29, 0.717) is 0 Å². The van der Waals surface area contributed by atoms with Crippen LogP contribution < -0.4 is 5.19 Å². The molecule has 1 aromatic rings. The molecule has 0 aromatic heterocycles. The Morgan fingerprint density at radius 2 is 1.89 bits per heavy atom. The molecule has 0 aliphatic carbocycles. The molecular formula is C6H3I2Si. The summed E-state index contributed by atoms with van der Waals surface area (Å²) in [5.41, 5.74) is 0. The van der Waals surface area contributed by atoms with Crippen molar-refractivity contribution < 1.29 is 0 Å². The minimum atomic E-state index is 1.17. The summed E-state index contributed by atoms with van der Waals surface area (Å²) in [4.78, 5) is 0. The van der Waals surface area contributed by atoms with Gasteiger partial charge in [0.15, 0.2) is 0 Å². The fraction of sp³-hybridized carbons (Fsp3) is 0. The number of hydrogen-bond donors (Lipinski definition) is 0. The van der Waals surface area contributed by atoms with Crippen molar-refractivity contribution in [1.29, 1.82) is 0 Å². The first kappa shape index (κ1) is 8.00. The van der Waals surface area contributed by atoms with E-state index in [-0.39, 0.29) is 0 Å². The zero-order chi connectivity index (χ0) is 6.85.